The fourth-order valence-corrected chi connectivity index (χ4v) is 2.11. The molecule has 0 aliphatic rings. The second-order valence-electron chi connectivity index (χ2n) is 3.23. The van der Waals surface area contributed by atoms with Crippen molar-refractivity contribution in [3.05, 3.63) is 35.4 Å². The first kappa shape index (κ1) is 12.6. The topological polar surface area (TPSA) is 87.1 Å². The Kier molecular flexibility index (Phi) is 4.83. The maximum atomic E-state index is 10.5. The van der Waals surface area contributed by atoms with Gasteiger partial charge in [-0.2, -0.15) is 17.0 Å². The Balaban J connectivity index is 2.49. The first-order valence-corrected chi connectivity index (χ1v) is 5.84. The van der Waals surface area contributed by atoms with Gasteiger partial charge < -0.3 is 10.8 Å². The van der Waals surface area contributed by atoms with E-state index in [4.69, 9.17) is 16.1 Å². The van der Waals surface area contributed by atoms with Gasteiger partial charge in [-0.15, -0.1) is 0 Å². The molecule has 0 aliphatic carbocycles. The molecular formula is C11H12N2O2S. The fourth-order valence-electron chi connectivity index (χ4n) is 1.12. The Labute approximate surface area is 98.1 Å². The summed E-state index contributed by atoms with van der Waals surface area (Å²) in [5.74, 6) is -0.0548. The molecule has 0 bridgehead atoms. The van der Waals surface area contributed by atoms with Crippen molar-refractivity contribution < 1.29 is 9.90 Å². The van der Waals surface area contributed by atoms with Crippen LogP contribution in [0.5, 0.6) is 0 Å². The normalized spacial score (nSPS) is 11.8. The van der Waals surface area contributed by atoms with Gasteiger partial charge in [0.2, 0.25) is 0 Å². The summed E-state index contributed by atoms with van der Waals surface area (Å²) < 4.78 is 0. The number of nitriles is 1. The van der Waals surface area contributed by atoms with E-state index in [1.54, 1.807) is 12.1 Å². The Hall–Kier alpha value is -1.51. The number of hydrogen-bond donors (Lipinski definition) is 2. The molecule has 1 rings (SSSR count). The van der Waals surface area contributed by atoms with Gasteiger partial charge in [0, 0.05) is 11.5 Å². The number of benzene rings is 1. The van der Waals surface area contributed by atoms with Crippen LogP contribution in [0.2, 0.25) is 0 Å². The van der Waals surface area contributed by atoms with Crippen molar-refractivity contribution >= 4 is 17.7 Å². The third-order valence-corrected chi connectivity index (χ3v) is 3.12. The maximum absolute atomic E-state index is 10.5. The summed E-state index contributed by atoms with van der Waals surface area (Å²) in [6.45, 7) is 0. The minimum Gasteiger partial charge on any atom is -0.480 e. The smallest absolute Gasteiger partial charge is 0.321 e. The molecule has 0 unspecified atom stereocenters. The third-order valence-electron chi connectivity index (χ3n) is 2.01. The lowest BCUT2D eigenvalue weighted by molar-refractivity contribution is -0.137. The van der Waals surface area contributed by atoms with Gasteiger partial charge in [0.1, 0.15) is 6.04 Å². The van der Waals surface area contributed by atoms with E-state index in [1.165, 1.54) is 11.8 Å². The monoisotopic (exact) mass is 236 g/mol. The minimum absolute atomic E-state index is 0.342. The van der Waals surface area contributed by atoms with Crippen molar-refractivity contribution in [1.29, 1.82) is 5.26 Å². The van der Waals surface area contributed by atoms with Gasteiger partial charge in [0.05, 0.1) is 11.6 Å². The highest BCUT2D eigenvalue weighted by Crippen LogP contribution is 2.16. The van der Waals surface area contributed by atoms with Crippen LogP contribution in [0, 0.1) is 11.3 Å². The first-order chi connectivity index (χ1) is 7.65. The zero-order valence-electron chi connectivity index (χ0n) is 8.59. The molecule has 0 heterocycles. The number of thioether (sulfide) groups is 1. The van der Waals surface area contributed by atoms with E-state index in [1.807, 2.05) is 12.1 Å². The minimum atomic E-state index is -0.999. The number of hydrogen-bond acceptors (Lipinski definition) is 4. The summed E-state index contributed by atoms with van der Waals surface area (Å²) in [6.07, 6.45) is 0. The van der Waals surface area contributed by atoms with Crippen molar-refractivity contribution in [3.8, 4) is 6.07 Å². The van der Waals surface area contributed by atoms with Crippen LogP contribution in [0.25, 0.3) is 0 Å². The lowest BCUT2D eigenvalue weighted by Crippen LogP contribution is -2.32. The molecular weight excluding hydrogens is 224 g/mol. The Bertz CT molecular complexity index is 415. The van der Waals surface area contributed by atoms with Gasteiger partial charge in [-0.05, 0) is 11.6 Å². The van der Waals surface area contributed by atoms with E-state index < -0.39 is 12.0 Å². The van der Waals surface area contributed by atoms with E-state index in [9.17, 15) is 4.79 Å². The highest BCUT2D eigenvalue weighted by molar-refractivity contribution is 7.98. The van der Waals surface area contributed by atoms with Crippen molar-refractivity contribution in [2.45, 2.75) is 11.8 Å². The average molecular weight is 236 g/mol. The molecule has 0 saturated carbocycles. The van der Waals surface area contributed by atoms with Gasteiger partial charge in [-0.3, -0.25) is 4.79 Å². The van der Waals surface area contributed by atoms with Gasteiger partial charge >= 0.3 is 5.97 Å². The number of carboxylic acids is 1. The highest BCUT2D eigenvalue weighted by atomic mass is 32.2. The number of rotatable bonds is 5. The molecule has 0 fully saturated rings. The first-order valence-electron chi connectivity index (χ1n) is 4.69. The predicted molar refractivity (Wildman–Crippen MR) is 62.9 cm³/mol. The van der Waals surface area contributed by atoms with Crippen LogP contribution >= 0.6 is 11.8 Å². The number of nitrogens with zero attached hydrogens (tertiary/aromatic N) is 1. The van der Waals surface area contributed by atoms with Crippen LogP contribution in [0.4, 0.5) is 0 Å². The molecule has 1 aromatic rings. The second kappa shape index (κ2) is 6.16. The summed E-state index contributed by atoms with van der Waals surface area (Å²) in [6, 6.07) is 8.51. The molecule has 4 nitrogen and oxygen atoms in total. The van der Waals surface area contributed by atoms with E-state index in [0.717, 1.165) is 5.56 Å². The predicted octanol–water partition coefficient (Wildman–Crippen LogP) is 1.20. The van der Waals surface area contributed by atoms with Crippen LogP contribution in [-0.4, -0.2) is 22.9 Å². The van der Waals surface area contributed by atoms with Crippen molar-refractivity contribution in [1.82, 2.24) is 0 Å². The average Bonchev–Trinajstić information content (AvgIpc) is 2.29. The van der Waals surface area contributed by atoms with Crippen LogP contribution in [0.1, 0.15) is 11.1 Å². The molecule has 84 valence electrons. The van der Waals surface area contributed by atoms with Crippen LogP contribution in [0.15, 0.2) is 24.3 Å². The van der Waals surface area contributed by atoms with E-state index in [0.29, 0.717) is 17.1 Å². The molecule has 0 radical (unpaired) electrons. The van der Waals surface area contributed by atoms with Gasteiger partial charge in [0.15, 0.2) is 0 Å². The van der Waals surface area contributed by atoms with E-state index in [2.05, 4.69) is 6.07 Å². The fraction of sp³-hybridized carbons (Fsp3) is 0.273. The standard InChI is InChI=1S/C11H12N2O2S/c12-5-8-3-1-2-4-9(8)6-16-7-10(13)11(14)15/h1-4,10H,6-7,13H2,(H,14,15)/t10-/m0/s1. The zero-order valence-corrected chi connectivity index (χ0v) is 9.41. The zero-order chi connectivity index (χ0) is 12.0. The molecule has 5 heteroatoms. The summed E-state index contributed by atoms with van der Waals surface area (Å²) in [5, 5.41) is 17.4. The molecule has 0 spiro atoms. The SMILES string of the molecule is N#Cc1ccccc1CSC[C@H](N)C(=O)O. The molecule has 3 N–H and O–H groups in total. The quantitative estimate of drug-likeness (QED) is 0.802. The van der Waals surface area contributed by atoms with Crippen molar-refractivity contribution in [3.63, 3.8) is 0 Å². The lowest BCUT2D eigenvalue weighted by Gasteiger charge is -2.06. The van der Waals surface area contributed by atoms with E-state index >= 15 is 0 Å². The summed E-state index contributed by atoms with van der Waals surface area (Å²) in [7, 11) is 0. The molecule has 16 heavy (non-hydrogen) atoms. The Morgan fingerprint density at radius 2 is 2.25 bits per heavy atom. The molecule has 0 saturated heterocycles. The molecule has 0 aromatic heterocycles. The van der Waals surface area contributed by atoms with Gasteiger partial charge in [-0.25, -0.2) is 0 Å². The lowest BCUT2D eigenvalue weighted by atomic mass is 10.1. The van der Waals surface area contributed by atoms with Crippen molar-refractivity contribution in [2.24, 2.45) is 5.73 Å². The Morgan fingerprint density at radius 1 is 1.56 bits per heavy atom. The maximum Gasteiger partial charge on any atom is 0.321 e. The largest absolute Gasteiger partial charge is 0.480 e. The molecule has 1 aromatic carbocycles. The van der Waals surface area contributed by atoms with Gasteiger partial charge in [-0.1, -0.05) is 18.2 Å². The van der Waals surface area contributed by atoms with Crippen LogP contribution < -0.4 is 5.73 Å². The second-order valence-corrected chi connectivity index (χ2v) is 4.26. The summed E-state index contributed by atoms with van der Waals surface area (Å²) in [5.41, 5.74) is 6.90. The van der Waals surface area contributed by atoms with Crippen LogP contribution in [-0.2, 0) is 10.5 Å². The van der Waals surface area contributed by atoms with Crippen LogP contribution in [0.3, 0.4) is 0 Å². The third kappa shape index (κ3) is 3.57. The van der Waals surface area contributed by atoms with Gasteiger partial charge in [0.25, 0.3) is 0 Å². The number of carboxylic acid groups (broad SMARTS) is 1. The van der Waals surface area contributed by atoms with E-state index in [-0.39, 0.29) is 0 Å². The summed E-state index contributed by atoms with van der Waals surface area (Å²) in [4.78, 5) is 10.5. The number of carbonyl (C=O) groups is 1. The molecule has 0 aliphatic heterocycles. The highest BCUT2D eigenvalue weighted by Gasteiger charge is 2.11. The number of nitrogens with two attached hydrogens (primary N) is 1. The molecule has 0 amide bonds. The number of aliphatic carboxylic acids is 1. The summed E-state index contributed by atoms with van der Waals surface area (Å²) >= 11 is 1.42. The Morgan fingerprint density at radius 3 is 2.88 bits per heavy atom. The van der Waals surface area contributed by atoms with Crippen molar-refractivity contribution in [2.75, 3.05) is 5.75 Å². The molecule has 1 atom stereocenters.